The van der Waals surface area contributed by atoms with Crippen molar-refractivity contribution >= 4 is 28.5 Å². The molecule has 1 aromatic carbocycles. The molecule has 3 nitrogen and oxygen atoms in total. The van der Waals surface area contributed by atoms with Crippen LogP contribution in [0.2, 0.25) is 0 Å². The third kappa shape index (κ3) is 2.80. The van der Waals surface area contributed by atoms with Crippen LogP contribution in [0.3, 0.4) is 0 Å². The summed E-state index contributed by atoms with van der Waals surface area (Å²) in [4.78, 5) is 14.4. The summed E-state index contributed by atoms with van der Waals surface area (Å²) in [5, 5.41) is 3.38. The molecule has 0 bridgehead atoms. The molecule has 1 aliphatic heterocycles. The fraction of sp³-hybridized carbons (Fsp3) is 0.462. The Morgan fingerprint density at radius 2 is 2.24 bits per heavy atom. The molecule has 17 heavy (non-hydrogen) atoms. The van der Waals surface area contributed by atoms with Crippen molar-refractivity contribution in [3.05, 3.63) is 33.4 Å². The lowest BCUT2D eigenvalue weighted by Crippen LogP contribution is -2.57. The topological polar surface area (TPSA) is 32.3 Å². The number of carbonyl (C=O) groups is 1. The van der Waals surface area contributed by atoms with Gasteiger partial charge in [-0.2, -0.15) is 0 Å². The van der Waals surface area contributed by atoms with Gasteiger partial charge < -0.3 is 10.2 Å². The van der Waals surface area contributed by atoms with Gasteiger partial charge in [0.25, 0.3) is 5.91 Å². The van der Waals surface area contributed by atoms with E-state index in [0.717, 1.165) is 22.2 Å². The second kappa shape index (κ2) is 5.35. The molecule has 0 radical (unpaired) electrons. The van der Waals surface area contributed by atoms with Crippen molar-refractivity contribution in [2.45, 2.75) is 25.9 Å². The number of amides is 1. The molecule has 2 rings (SSSR count). The quantitative estimate of drug-likeness (QED) is 0.792. The van der Waals surface area contributed by atoms with Crippen molar-refractivity contribution in [3.63, 3.8) is 0 Å². The predicted molar refractivity (Wildman–Crippen MR) is 77.1 cm³/mol. The van der Waals surface area contributed by atoms with Crippen LogP contribution in [0.15, 0.2) is 24.3 Å². The van der Waals surface area contributed by atoms with E-state index < -0.39 is 0 Å². The number of piperazine rings is 1. The molecule has 0 aromatic heterocycles. The average molecular weight is 344 g/mol. The lowest BCUT2D eigenvalue weighted by Gasteiger charge is -2.38. The van der Waals surface area contributed by atoms with Gasteiger partial charge in [0.2, 0.25) is 0 Å². The summed E-state index contributed by atoms with van der Waals surface area (Å²) in [5.41, 5.74) is 0.790. The van der Waals surface area contributed by atoms with Crippen LogP contribution in [0.4, 0.5) is 0 Å². The van der Waals surface area contributed by atoms with E-state index in [1.165, 1.54) is 0 Å². The molecule has 92 valence electrons. The van der Waals surface area contributed by atoms with Crippen LogP contribution in [0.1, 0.15) is 24.2 Å². The Labute approximate surface area is 116 Å². The molecule has 1 aromatic rings. The number of nitrogens with one attached hydrogen (secondary N) is 1. The number of hydrogen-bond acceptors (Lipinski definition) is 2. The first-order valence-electron chi connectivity index (χ1n) is 5.89. The lowest BCUT2D eigenvalue weighted by molar-refractivity contribution is 0.0603. The summed E-state index contributed by atoms with van der Waals surface area (Å²) < 4.78 is 1.10. The SMILES string of the molecule is CC1NCCN(C(=O)c2cccc(I)c2)C1C. The molecule has 1 amide bonds. The molecule has 2 atom stereocenters. The number of benzene rings is 1. The molecule has 2 unspecified atom stereocenters. The molecule has 1 heterocycles. The van der Waals surface area contributed by atoms with E-state index in [1.807, 2.05) is 29.2 Å². The Morgan fingerprint density at radius 1 is 1.47 bits per heavy atom. The molecule has 0 aliphatic carbocycles. The van der Waals surface area contributed by atoms with Gasteiger partial charge in [0, 0.05) is 34.3 Å². The first-order chi connectivity index (χ1) is 8.09. The monoisotopic (exact) mass is 344 g/mol. The van der Waals surface area contributed by atoms with Crippen molar-refractivity contribution in [1.82, 2.24) is 10.2 Å². The van der Waals surface area contributed by atoms with E-state index in [-0.39, 0.29) is 11.9 Å². The third-order valence-electron chi connectivity index (χ3n) is 3.37. The van der Waals surface area contributed by atoms with Gasteiger partial charge in [0.1, 0.15) is 0 Å². The van der Waals surface area contributed by atoms with Crippen LogP contribution < -0.4 is 5.32 Å². The summed E-state index contributed by atoms with van der Waals surface area (Å²) in [6.07, 6.45) is 0. The van der Waals surface area contributed by atoms with E-state index in [2.05, 4.69) is 41.8 Å². The minimum atomic E-state index is 0.143. The zero-order valence-electron chi connectivity index (χ0n) is 10.1. The minimum Gasteiger partial charge on any atom is -0.333 e. The summed E-state index contributed by atoms with van der Waals surface area (Å²) in [6.45, 7) is 5.89. The van der Waals surface area contributed by atoms with E-state index in [1.54, 1.807) is 0 Å². The van der Waals surface area contributed by atoms with Crippen molar-refractivity contribution in [2.75, 3.05) is 13.1 Å². The second-order valence-corrected chi connectivity index (χ2v) is 5.74. The number of carbonyl (C=O) groups excluding carboxylic acids is 1. The first kappa shape index (κ1) is 12.8. The number of halogens is 1. The Balaban J connectivity index is 2.19. The highest BCUT2D eigenvalue weighted by Gasteiger charge is 2.28. The van der Waals surface area contributed by atoms with Crippen LogP contribution in [-0.4, -0.2) is 36.0 Å². The van der Waals surface area contributed by atoms with Crippen molar-refractivity contribution < 1.29 is 4.79 Å². The Morgan fingerprint density at radius 3 is 2.94 bits per heavy atom. The van der Waals surface area contributed by atoms with Crippen molar-refractivity contribution in [2.24, 2.45) is 0 Å². The standard InChI is InChI=1S/C13H17IN2O/c1-9-10(2)16(7-6-15-9)13(17)11-4-3-5-12(14)8-11/h3-5,8-10,15H,6-7H2,1-2H3. The maximum absolute atomic E-state index is 12.4. The highest BCUT2D eigenvalue weighted by molar-refractivity contribution is 14.1. The number of nitrogens with zero attached hydrogens (tertiary/aromatic N) is 1. The highest BCUT2D eigenvalue weighted by atomic mass is 127. The zero-order chi connectivity index (χ0) is 12.4. The fourth-order valence-electron chi connectivity index (χ4n) is 2.13. The summed E-state index contributed by atoms with van der Waals surface area (Å²) >= 11 is 2.24. The molecule has 1 N–H and O–H groups in total. The third-order valence-corrected chi connectivity index (χ3v) is 4.04. The minimum absolute atomic E-state index is 0.143. The summed E-state index contributed by atoms with van der Waals surface area (Å²) in [6, 6.07) is 8.38. The van der Waals surface area contributed by atoms with Crippen molar-refractivity contribution in [1.29, 1.82) is 0 Å². The van der Waals surface area contributed by atoms with Gasteiger partial charge in [-0.25, -0.2) is 0 Å². The van der Waals surface area contributed by atoms with Gasteiger partial charge in [-0.05, 0) is 54.6 Å². The Hall–Kier alpha value is -0.620. The maximum Gasteiger partial charge on any atom is 0.254 e. The smallest absolute Gasteiger partial charge is 0.254 e. The normalized spacial score (nSPS) is 24.8. The van der Waals surface area contributed by atoms with Gasteiger partial charge >= 0.3 is 0 Å². The Bertz CT molecular complexity index is 422. The van der Waals surface area contributed by atoms with Crippen LogP contribution in [0, 0.1) is 3.57 Å². The predicted octanol–water partition coefficient (Wildman–Crippen LogP) is 2.11. The van der Waals surface area contributed by atoms with Crippen LogP contribution >= 0.6 is 22.6 Å². The molecule has 4 heteroatoms. The van der Waals surface area contributed by atoms with Gasteiger partial charge in [-0.1, -0.05) is 6.07 Å². The van der Waals surface area contributed by atoms with Gasteiger partial charge in [0.05, 0.1) is 0 Å². The molecule has 0 saturated carbocycles. The largest absolute Gasteiger partial charge is 0.333 e. The zero-order valence-corrected chi connectivity index (χ0v) is 12.3. The van der Waals surface area contributed by atoms with E-state index in [4.69, 9.17) is 0 Å². The van der Waals surface area contributed by atoms with Gasteiger partial charge in [0.15, 0.2) is 0 Å². The molecular formula is C13H17IN2O. The number of rotatable bonds is 1. The van der Waals surface area contributed by atoms with Gasteiger partial charge in [-0.15, -0.1) is 0 Å². The van der Waals surface area contributed by atoms with Crippen LogP contribution in [0.25, 0.3) is 0 Å². The molecule has 1 fully saturated rings. The molecule has 1 saturated heterocycles. The molecule has 1 aliphatic rings. The van der Waals surface area contributed by atoms with Gasteiger partial charge in [-0.3, -0.25) is 4.79 Å². The van der Waals surface area contributed by atoms with Crippen LogP contribution in [0.5, 0.6) is 0 Å². The highest BCUT2D eigenvalue weighted by Crippen LogP contribution is 2.15. The second-order valence-electron chi connectivity index (χ2n) is 4.49. The van der Waals surface area contributed by atoms with E-state index in [9.17, 15) is 4.79 Å². The van der Waals surface area contributed by atoms with E-state index >= 15 is 0 Å². The van der Waals surface area contributed by atoms with Crippen molar-refractivity contribution in [3.8, 4) is 0 Å². The first-order valence-corrected chi connectivity index (χ1v) is 6.97. The molecule has 0 spiro atoms. The lowest BCUT2D eigenvalue weighted by atomic mass is 10.1. The fourth-order valence-corrected chi connectivity index (χ4v) is 2.67. The maximum atomic E-state index is 12.4. The Kier molecular flexibility index (Phi) is 4.04. The van der Waals surface area contributed by atoms with E-state index in [0.29, 0.717) is 6.04 Å². The number of hydrogen-bond donors (Lipinski definition) is 1. The summed E-state index contributed by atoms with van der Waals surface area (Å²) in [5.74, 6) is 0.143. The molecular weight excluding hydrogens is 327 g/mol. The average Bonchev–Trinajstić information content (AvgIpc) is 2.32. The summed E-state index contributed by atoms with van der Waals surface area (Å²) in [7, 11) is 0. The van der Waals surface area contributed by atoms with Crippen LogP contribution in [-0.2, 0) is 0 Å².